The fraction of sp³-hybridized carbons (Fsp3) is 0.538. The van der Waals surface area contributed by atoms with Crippen molar-refractivity contribution < 1.29 is 49.2 Å². The minimum absolute atomic E-state index is 0.0809. The largest absolute Gasteiger partial charge is 0.493 e. The second kappa shape index (κ2) is 11.2. The van der Waals surface area contributed by atoms with Gasteiger partial charge >= 0.3 is 0 Å². The minimum Gasteiger partial charge on any atom is -0.493 e. The predicted octanol–water partition coefficient (Wildman–Crippen LogP) is 1.04. The van der Waals surface area contributed by atoms with Crippen LogP contribution in [-0.2, 0) is 11.2 Å². The van der Waals surface area contributed by atoms with Gasteiger partial charge in [-0.25, -0.2) is 0 Å². The predicted molar refractivity (Wildman–Crippen MR) is 128 cm³/mol. The second-order valence-corrected chi connectivity index (χ2v) is 9.08. The van der Waals surface area contributed by atoms with E-state index in [1.54, 1.807) is 32.2 Å². The number of hydrogen-bond acceptors (Lipinski definition) is 10. The molecule has 1 fully saturated rings. The number of aliphatic hydroxyl groups excluding tert-OH is 5. The molecule has 0 amide bonds. The van der Waals surface area contributed by atoms with Crippen molar-refractivity contribution in [1.29, 1.82) is 0 Å². The highest BCUT2D eigenvalue weighted by Gasteiger charge is 2.43. The Labute approximate surface area is 209 Å². The summed E-state index contributed by atoms with van der Waals surface area (Å²) in [6.07, 6.45) is -5.31. The summed E-state index contributed by atoms with van der Waals surface area (Å²) in [6.45, 7) is 1.49. The van der Waals surface area contributed by atoms with E-state index in [9.17, 15) is 25.5 Å². The molecule has 0 spiro atoms. The number of fused-ring (bicyclic) bond motifs is 1. The van der Waals surface area contributed by atoms with Crippen LogP contribution in [0.3, 0.4) is 0 Å². The van der Waals surface area contributed by atoms with E-state index in [-0.39, 0.29) is 24.9 Å². The lowest BCUT2D eigenvalue weighted by atomic mass is 9.90. The summed E-state index contributed by atoms with van der Waals surface area (Å²) >= 11 is 0. The molecule has 0 aromatic heterocycles. The zero-order valence-electron chi connectivity index (χ0n) is 20.5. The number of benzene rings is 2. The SMILES string of the molecule is COc1cc([C@@H]2Oc3c(OC)cc(CCCO)cc3[C@H]2CO)ccc1O[C@@H]1O[C@@H](C)[C@H](O)[C@@H](O)[C@H]1O. The molecule has 36 heavy (non-hydrogen) atoms. The molecule has 2 aromatic rings. The molecule has 0 aliphatic carbocycles. The first-order chi connectivity index (χ1) is 17.3. The van der Waals surface area contributed by atoms with Crippen LogP contribution in [0.2, 0.25) is 0 Å². The summed E-state index contributed by atoms with van der Waals surface area (Å²) in [5, 5.41) is 49.8. The van der Waals surface area contributed by atoms with E-state index in [0.717, 1.165) is 16.7 Å². The number of aliphatic hydroxyl groups is 5. The van der Waals surface area contributed by atoms with Crippen molar-refractivity contribution >= 4 is 0 Å². The third kappa shape index (κ3) is 4.97. The molecular weight excluding hydrogens is 472 g/mol. The van der Waals surface area contributed by atoms with Gasteiger partial charge in [0, 0.05) is 12.2 Å². The number of ether oxygens (including phenoxy) is 5. The molecule has 2 aliphatic rings. The van der Waals surface area contributed by atoms with E-state index >= 15 is 0 Å². The number of rotatable bonds is 9. The Hall–Kier alpha value is -2.60. The van der Waals surface area contributed by atoms with Gasteiger partial charge in [-0.1, -0.05) is 12.1 Å². The smallest absolute Gasteiger partial charge is 0.229 e. The molecule has 10 heteroatoms. The lowest BCUT2D eigenvalue weighted by Gasteiger charge is -2.39. The van der Waals surface area contributed by atoms with Crippen molar-refractivity contribution in [1.82, 2.24) is 0 Å². The van der Waals surface area contributed by atoms with Crippen molar-refractivity contribution in [3.8, 4) is 23.0 Å². The van der Waals surface area contributed by atoms with Crippen LogP contribution in [0.15, 0.2) is 30.3 Å². The van der Waals surface area contributed by atoms with Gasteiger partial charge in [-0.2, -0.15) is 0 Å². The van der Waals surface area contributed by atoms with Gasteiger partial charge < -0.3 is 49.2 Å². The van der Waals surface area contributed by atoms with Crippen LogP contribution < -0.4 is 18.9 Å². The Morgan fingerprint density at radius 3 is 2.31 bits per heavy atom. The van der Waals surface area contributed by atoms with Crippen LogP contribution >= 0.6 is 0 Å². The zero-order valence-corrected chi connectivity index (χ0v) is 20.5. The molecule has 0 saturated carbocycles. The first kappa shape index (κ1) is 26.5. The summed E-state index contributed by atoms with van der Waals surface area (Å²) in [5.74, 6) is 1.37. The Bertz CT molecular complexity index is 1040. The molecule has 7 atom stereocenters. The Kier molecular flexibility index (Phi) is 8.23. The van der Waals surface area contributed by atoms with Crippen molar-refractivity contribution in [3.63, 3.8) is 0 Å². The van der Waals surface area contributed by atoms with Crippen molar-refractivity contribution in [2.75, 3.05) is 27.4 Å². The molecule has 5 N–H and O–H groups in total. The normalized spacial score (nSPS) is 29.4. The first-order valence-electron chi connectivity index (χ1n) is 12.0. The van der Waals surface area contributed by atoms with E-state index in [1.165, 1.54) is 7.11 Å². The molecule has 0 bridgehead atoms. The van der Waals surface area contributed by atoms with Crippen LogP contribution in [-0.4, -0.2) is 83.7 Å². The molecule has 0 radical (unpaired) electrons. The lowest BCUT2D eigenvalue weighted by molar-refractivity contribution is -0.268. The van der Waals surface area contributed by atoms with Gasteiger partial charge in [-0.05, 0) is 49.1 Å². The fourth-order valence-electron chi connectivity index (χ4n) is 4.72. The summed E-state index contributed by atoms with van der Waals surface area (Å²) in [6, 6.07) is 8.98. The maximum absolute atomic E-state index is 10.3. The fourth-order valence-corrected chi connectivity index (χ4v) is 4.72. The average Bonchev–Trinajstić information content (AvgIpc) is 3.27. The molecule has 2 aromatic carbocycles. The van der Waals surface area contributed by atoms with E-state index in [2.05, 4.69) is 0 Å². The molecule has 0 unspecified atom stereocenters. The standard InChI is InChI=1S/C26H34O10/c1-13-21(29)22(30)23(31)26(34-13)35-18-7-6-15(11-19(18)32-2)24-17(12-28)16-9-14(5-4-8-27)10-20(33-3)25(16)36-24/h6-7,9-11,13,17,21-24,26-31H,4-5,8,12H2,1-3H3/t13-,17+,21-,22+,23+,24-,26-/m0/s1. The highest BCUT2D eigenvalue weighted by Crippen LogP contribution is 2.51. The van der Waals surface area contributed by atoms with Gasteiger partial charge in [0.2, 0.25) is 6.29 Å². The first-order valence-corrected chi connectivity index (χ1v) is 12.0. The van der Waals surface area contributed by atoms with Gasteiger partial charge in [0.25, 0.3) is 0 Å². The van der Waals surface area contributed by atoms with Crippen LogP contribution in [0.1, 0.15) is 42.1 Å². The topological polar surface area (TPSA) is 147 Å². The van der Waals surface area contributed by atoms with Crippen LogP contribution in [0, 0.1) is 0 Å². The molecule has 198 valence electrons. The minimum atomic E-state index is -1.46. The van der Waals surface area contributed by atoms with Gasteiger partial charge in [0.05, 0.1) is 32.8 Å². The Morgan fingerprint density at radius 1 is 0.889 bits per heavy atom. The van der Waals surface area contributed by atoms with Gasteiger partial charge in [0.1, 0.15) is 24.4 Å². The molecular formula is C26H34O10. The second-order valence-electron chi connectivity index (χ2n) is 9.08. The van der Waals surface area contributed by atoms with E-state index < -0.39 is 36.8 Å². The van der Waals surface area contributed by atoms with Crippen molar-refractivity contribution in [2.24, 2.45) is 0 Å². The summed E-state index contributed by atoms with van der Waals surface area (Å²) in [7, 11) is 3.03. The third-order valence-electron chi connectivity index (χ3n) is 6.76. The van der Waals surface area contributed by atoms with Gasteiger partial charge in [-0.3, -0.25) is 0 Å². The average molecular weight is 507 g/mol. The zero-order chi connectivity index (χ0) is 26.0. The summed E-state index contributed by atoms with van der Waals surface area (Å²) < 4.78 is 28.7. The van der Waals surface area contributed by atoms with Crippen molar-refractivity contribution in [2.45, 2.75) is 62.5 Å². The number of methoxy groups -OCH3 is 2. The molecule has 10 nitrogen and oxygen atoms in total. The summed E-state index contributed by atoms with van der Waals surface area (Å²) in [5.41, 5.74) is 2.54. The summed E-state index contributed by atoms with van der Waals surface area (Å²) in [4.78, 5) is 0. The number of aryl methyl sites for hydroxylation is 1. The maximum Gasteiger partial charge on any atom is 0.229 e. The highest BCUT2D eigenvalue weighted by molar-refractivity contribution is 5.56. The monoisotopic (exact) mass is 506 g/mol. The third-order valence-corrected chi connectivity index (χ3v) is 6.76. The lowest BCUT2D eigenvalue weighted by Crippen LogP contribution is -2.58. The van der Waals surface area contributed by atoms with Gasteiger partial charge in [-0.15, -0.1) is 0 Å². The van der Waals surface area contributed by atoms with Gasteiger partial charge in [0.15, 0.2) is 23.0 Å². The Balaban J connectivity index is 1.60. The highest BCUT2D eigenvalue weighted by atomic mass is 16.7. The quantitative estimate of drug-likeness (QED) is 0.334. The molecule has 4 rings (SSSR count). The molecule has 2 aliphatic heterocycles. The maximum atomic E-state index is 10.3. The van der Waals surface area contributed by atoms with Crippen LogP contribution in [0.25, 0.3) is 0 Å². The molecule has 2 heterocycles. The van der Waals surface area contributed by atoms with Crippen LogP contribution in [0.4, 0.5) is 0 Å². The van der Waals surface area contributed by atoms with E-state index in [0.29, 0.717) is 30.1 Å². The van der Waals surface area contributed by atoms with Crippen molar-refractivity contribution in [3.05, 3.63) is 47.0 Å². The van der Waals surface area contributed by atoms with E-state index in [1.807, 2.05) is 12.1 Å². The number of hydrogen-bond donors (Lipinski definition) is 5. The van der Waals surface area contributed by atoms with E-state index in [4.69, 9.17) is 23.7 Å². The molecule has 1 saturated heterocycles. The Morgan fingerprint density at radius 2 is 1.64 bits per heavy atom. The van der Waals surface area contributed by atoms with Crippen LogP contribution in [0.5, 0.6) is 23.0 Å².